The van der Waals surface area contributed by atoms with E-state index in [1.165, 1.54) is 13.0 Å². The maximum absolute atomic E-state index is 12.2. The van der Waals surface area contributed by atoms with E-state index in [0.717, 1.165) is 6.08 Å². The van der Waals surface area contributed by atoms with Crippen LogP contribution in [-0.4, -0.2) is 12.7 Å². The first-order valence-corrected chi connectivity index (χ1v) is 3.39. The molecule has 0 aromatic rings. The second-order valence-electron chi connectivity index (χ2n) is 2.39. The van der Waals surface area contributed by atoms with E-state index in [2.05, 4.69) is 10.9 Å². The van der Waals surface area contributed by atoms with Crippen LogP contribution in [0.25, 0.3) is 4.85 Å². The molecule has 1 aliphatic rings. The maximum Gasteiger partial charge on any atom is 0.417 e. The van der Waals surface area contributed by atoms with Gasteiger partial charge in [-0.2, -0.15) is 13.2 Å². The van der Waals surface area contributed by atoms with Gasteiger partial charge in [0, 0.05) is 0 Å². The van der Waals surface area contributed by atoms with E-state index in [1.54, 1.807) is 0 Å². The minimum absolute atomic E-state index is 0.0382. The predicted molar refractivity (Wildman–Crippen MR) is 40.0 cm³/mol. The molecule has 1 aliphatic heterocycles. The van der Waals surface area contributed by atoms with Crippen LogP contribution in [0.4, 0.5) is 13.2 Å². The molecule has 0 fully saturated rings. The average Bonchev–Trinajstić information content (AvgIpc) is 2.11. The lowest BCUT2D eigenvalue weighted by molar-refractivity contribution is -0.0887. The molecule has 0 spiro atoms. The van der Waals surface area contributed by atoms with Crippen molar-refractivity contribution in [2.75, 3.05) is 6.54 Å². The number of halogens is 3. The predicted octanol–water partition coefficient (Wildman–Crippen LogP) is 2.77. The molecule has 0 N–H and O–H groups in total. The molecule has 4 heteroatoms. The van der Waals surface area contributed by atoms with E-state index in [4.69, 9.17) is 0 Å². The minimum atomic E-state index is -4.30. The van der Waals surface area contributed by atoms with Gasteiger partial charge in [0.2, 0.25) is 0 Å². The second kappa shape index (κ2) is 3.02. The molecule has 64 valence electrons. The van der Waals surface area contributed by atoms with Gasteiger partial charge in [-0.1, -0.05) is 4.85 Å². The molecule has 1 nitrogen and oxygen atoms in total. The summed E-state index contributed by atoms with van der Waals surface area (Å²) in [7, 11) is 0. The van der Waals surface area contributed by atoms with Crippen LogP contribution in [0.5, 0.6) is 0 Å². The van der Waals surface area contributed by atoms with E-state index in [1.807, 2.05) is 0 Å². The molecule has 0 saturated carbocycles. The molecule has 0 radical (unpaired) electrons. The van der Waals surface area contributed by atoms with E-state index in [0.29, 0.717) is 0 Å². The molecule has 0 unspecified atom stereocenters. The molecule has 12 heavy (non-hydrogen) atoms. The Bertz CT molecular complexity index is 298. The van der Waals surface area contributed by atoms with E-state index < -0.39 is 11.7 Å². The highest BCUT2D eigenvalue weighted by Crippen LogP contribution is 2.29. The Balaban J connectivity index is 3.11. The molecule has 0 aliphatic carbocycles. The number of nitrogens with zero attached hydrogens (tertiary/aromatic N) is 1. The summed E-state index contributed by atoms with van der Waals surface area (Å²) in [6.45, 7) is 1.61. The molecule has 0 saturated heterocycles. The zero-order chi connectivity index (χ0) is 9.19. The van der Waals surface area contributed by atoms with Crippen molar-refractivity contribution < 1.29 is 13.2 Å². The molecule has 0 bridgehead atoms. The topological polar surface area (TPSA) is 4.36 Å². The summed E-state index contributed by atoms with van der Waals surface area (Å²) in [6, 6.07) is 2.32. The van der Waals surface area contributed by atoms with Crippen molar-refractivity contribution in [3.8, 4) is 6.07 Å². The van der Waals surface area contributed by atoms with Crippen molar-refractivity contribution >= 4 is 0 Å². The zero-order valence-electron chi connectivity index (χ0n) is 6.44. The lowest BCUT2D eigenvalue weighted by atomic mass is 10.1. The third-order valence-corrected chi connectivity index (χ3v) is 1.44. The minimum Gasteiger partial charge on any atom is -0.166 e. The molecule has 1 heterocycles. The van der Waals surface area contributed by atoms with E-state index >= 15 is 0 Å². The highest BCUT2D eigenvalue weighted by Gasteiger charge is 2.34. The van der Waals surface area contributed by atoms with Gasteiger partial charge in [-0.25, -0.2) is 0 Å². The first-order valence-electron chi connectivity index (χ1n) is 3.39. The number of alkyl halides is 3. The van der Waals surface area contributed by atoms with E-state index in [9.17, 15) is 13.2 Å². The van der Waals surface area contributed by atoms with Crippen LogP contribution in [-0.2, 0) is 0 Å². The Morgan fingerprint density at radius 1 is 1.50 bits per heavy atom. The summed E-state index contributed by atoms with van der Waals surface area (Å²) < 4.78 is 36.5. The summed E-state index contributed by atoms with van der Waals surface area (Å²) in [5.74, 6) is 0. The number of rotatable bonds is 0. The Labute approximate surface area is 68.0 Å². The number of allylic oxidation sites excluding steroid dienone is 3. The summed E-state index contributed by atoms with van der Waals surface area (Å²) in [6.07, 6.45) is -1.89. The SMILES string of the molecule is CC1=C(C(F)(F)F)C=CC[N+]#C1. The smallest absolute Gasteiger partial charge is 0.166 e. The fourth-order valence-electron chi connectivity index (χ4n) is 0.880. The highest BCUT2D eigenvalue weighted by molar-refractivity contribution is 5.40. The largest absolute Gasteiger partial charge is 0.417 e. The quantitative estimate of drug-likeness (QED) is 0.531. The summed E-state index contributed by atoms with van der Waals surface area (Å²) in [5, 5.41) is 0. The van der Waals surface area contributed by atoms with Crippen LogP contribution in [0, 0.1) is 6.07 Å². The molecule has 0 aromatic heterocycles. The van der Waals surface area contributed by atoms with Gasteiger partial charge < -0.3 is 0 Å². The van der Waals surface area contributed by atoms with Gasteiger partial charge in [-0.3, -0.25) is 0 Å². The first-order chi connectivity index (χ1) is 5.52. The first kappa shape index (κ1) is 8.85. The van der Waals surface area contributed by atoms with Crippen molar-refractivity contribution in [1.82, 2.24) is 0 Å². The van der Waals surface area contributed by atoms with Gasteiger partial charge in [0.05, 0.1) is 11.1 Å². The Kier molecular flexibility index (Phi) is 2.22. The lowest BCUT2D eigenvalue weighted by Gasteiger charge is -2.05. The average molecular weight is 174 g/mol. The van der Waals surface area contributed by atoms with Crippen molar-refractivity contribution in [3.05, 3.63) is 28.1 Å². The van der Waals surface area contributed by atoms with Crippen LogP contribution in [0.15, 0.2) is 23.3 Å². The summed E-state index contributed by atoms with van der Waals surface area (Å²) in [5.41, 5.74) is -0.625. The van der Waals surface area contributed by atoms with Crippen LogP contribution in [0.3, 0.4) is 0 Å². The summed E-state index contributed by atoms with van der Waals surface area (Å²) >= 11 is 0. The van der Waals surface area contributed by atoms with Gasteiger partial charge in [0.15, 0.2) is 0 Å². The van der Waals surface area contributed by atoms with Crippen molar-refractivity contribution in [2.24, 2.45) is 0 Å². The normalized spacial score (nSPS) is 17.0. The molecule has 0 amide bonds. The zero-order valence-corrected chi connectivity index (χ0v) is 6.44. The molecule has 1 rings (SSSR count). The van der Waals surface area contributed by atoms with E-state index in [-0.39, 0.29) is 12.1 Å². The van der Waals surface area contributed by atoms with Gasteiger partial charge in [0.25, 0.3) is 6.54 Å². The van der Waals surface area contributed by atoms with Crippen molar-refractivity contribution in [1.29, 1.82) is 0 Å². The Hall–Kier alpha value is -1.24. The number of hydrogen-bond acceptors (Lipinski definition) is 0. The number of hydrogen-bond donors (Lipinski definition) is 0. The fraction of sp³-hybridized carbons (Fsp3) is 0.375. The monoisotopic (exact) mass is 174 g/mol. The van der Waals surface area contributed by atoms with Crippen LogP contribution >= 0.6 is 0 Å². The second-order valence-corrected chi connectivity index (χ2v) is 2.39. The molecular formula is C8H7F3N+. The standard InChI is InChI=1S/C8H7F3N/c1-6-5-12-4-2-3-7(6)8(9,10)11/h2-3H,4H2,1H3/q+1. The van der Waals surface area contributed by atoms with Crippen molar-refractivity contribution in [3.63, 3.8) is 0 Å². The molecular weight excluding hydrogens is 167 g/mol. The van der Waals surface area contributed by atoms with Gasteiger partial charge in [0.1, 0.15) is 0 Å². The fourth-order valence-corrected chi connectivity index (χ4v) is 0.880. The van der Waals surface area contributed by atoms with Gasteiger partial charge in [-0.15, -0.1) is 0 Å². The van der Waals surface area contributed by atoms with Crippen LogP contribution in [0.2, 0.25) is 0 Å². The van der Waals surface area contributed by atoms with Gasteiger partial charge >= 0.3 is 12.2 Å². The highest BCUT2D eigenvalue weighted by atomic mass is 19.4. The third kappa shape index (κ3) is 1.88. The van der Waals surface area contributed by atoms with Crippen LogP contribution < -0.4 is 0 Å². The Morgan fingerprint density at radius 2 is 2.17 bits per heavy atom. The maximum atomic E-state index is 12.2. The lowest BCUT2D eigenvalue weighted by Crippen LogP contribution is -2.11. The van der Waals surface area contributed by atoms with Crippen LogP contribution in [0.1, 0.15) is 6.92 Å². The van der Waals surface area contributed by atoms with Gasteiger partial charge in [-0.05, 0) is 19.1 Å². The Morgan fingerprint density at radius 3 is 2.75 bits per heavy atom. The molecule has 0 aromatic carbocycles. The third-order valence-electron chi connectivity index (χ3n) is 1.44. The van der Waals surface area contributed by atoms with Crippen molar-refractivity contribution in [2.45, 2.75) is 13.1 Å². The summed E-state index contributed by atoms with van der Waals surface area (Å²) in [4.78, 5) is 3.62. The molecule has 0 atom stereocenters.